The Labute approximate surface area is 172 Å². The summed E-state index contributed by atoms with van der Waals surface area (Å²) < 4.78 is 12.8. The van der Waals surface area contributed by atoms with Gasteiger partial charge in [-0.25, -0.2) is 14.7 Å². The molecular weight excluding hydrogens is 368 g/mol. The fourth-order valence-electron chi connectivity index (χ4n) is 3.38. The molecule has 0 unspecified atom stereocenters. The number of guanidine groups is 1. The third-order valence-corrected chi connectivity index (χ3v) is 4.95. The van der Waals surface area contributed by atoms with E-state index in [1.807, 2.05) is 12.1 Å². The predicted octanol–water partition coefficient (Wildman–Crippen LogP) is 2.25. The monoisotopic (exact) mass is 400 g/mol. The summed E-state index contributed by atoms with van der Waals surface area (Å²) in [6, 6.07) is 8.26. The van der Waals surface area contributed by atoms with Gasteiger partial charge in [0.2, 0.25) is 0 Å². The third kappa shape index (κ3) is 6.54. The molecule has 1 aromatic heterocycles. The molecule has 0 spiro atoms. The Morgan fingerprint density at radius 1 is 1.21 bits per heavy atom. The fraction of sp³-hybridized carbons (Fsp3) is 0.571. The second-order valence-electron chi connectivity index (χ2n) is 7.08. The van der Waals surface area contributed by atoms with E-state index in [0.29, 0.717) is 12.6 Å². The van der Waals surface area contributed by atoms with Crippen LogP contribution in [0, 0.1) is 0 Å². The van der Waals surface area contributed by atoms with Crippen molar-refractivity contribution in [1.82, 2.24) is 25.0 Å². The maximum atomic E-state index is 5.97. The van der Waals surface area contributed by atoms with Gasteiger partial charge in [-0.3, -0.25) is 0 Å². The Morgan fingerprint density at radius 2 is 2.00 bits per heavy atom. The Bertz CT molecular complexity index is 724. The van der Waals surface area contributed by atoms with Crippen molar-refractivity contribution in [3.63, 3.8) is 0 Å². The Balaban J connectivity index is 1.51. The van der Waals surface area contributed by atoms with Crippen LogP contribution in [0.25, 0.3) is 5.69 Å². The lowest BCUT2D eigenvalue weighted by Crippen LogP contribution is -2.47. The molecule has 158 valence electrons. The van der Waals surface area contributed by atoms with Gasteiger partial charge in [0.1, 0.15) is 12.7 Å². The third-order valence-electron chi connectivity index (χ3n) is 4.95. The van der Waals surface area contributed by atoms with Crippen molar-refractivity contribution in [1.29, 1.82) is 0 Å². The standard InChI is InChI=1S/C21H32N6O2/c1-3-23-21(26-11-9-20(10-12-26)29-14-4-13-28-2)24-15-18-5-7-19(8-6-18)27-17-22-16-25-27/h5-8,16-17,20H,3-4,9-15H2,1-2H3,(H,23,24). The number of ether oxygens (including phenoxy) is 2. The SMILES string of the molecule is CCNC(=NCc1ccc(-n2cncn2)cc1)N1CCC(OCCCOC)CC1. The number of hydrogen-bond donors (Lipinski definition) is 1. The molecule has 0 radical (unpaired) electrons. The van der Waals surface area contributed by atoms with E-state index < -0.39 is 0 Å². The summed E-state index contributed by atoms with van der Waals surface area (Å²) in [6.45, 7) is 7.07. The molecule has 3 rings (SSSR count). The van der Waals surface area contributed by atoms with Crippen LogP contribution < -0.4 is 5.32 Å². The highest BCUT2D eigenvalue weighted by Gasteiger charge is 2.21. The normalized spacial score (nSPS) is 15.7. The average molecular weight is 401 g/mol. The number of methoxy groups -OCH3 is 1. The van der Waals surface area contributed by atoms with E-state index in [4.69, 9.17) is 14.5 Å². The molecule has 1 aliphatic rings. The predicted molar refractivity (Wildman–Crippen MR) is 113 cm³/mol. The molecule has 0 saturated carbocycles. The van der Waals surface area contributed by atoms with Crippen molar-refractivity contribution in [3.8, 4) is 5.69 Å². The number of aromatic nitrogens is 3. The van der Waals surface area contributed by atoms with Crippen molar-refractivity contribution in [3.05, 3.63) is 42.5 Å². The van der Waals surface area contributed by atoms with Crippen LogP contribution >= 0.6 is 0 Å². The maximum absolute atomic E-state index is 5.97. The second-order valence-corrected chi connectivity index (χ2v) is 7.08. The minimum atomic E-state index is 0.343. The molecule has 1 aliphatic heterocycles. The van der Waals surface area contributed by atoms with Gasteiger partial charge in [0.05, 0.1) is 18.3 Å². The molecule has 0 bridgehead atoms. The molecule has 1 N–H and O–H groups in total. The molecule has 8 heteroatoms. The van der Waals surface area contributed by atoms with Gasteiger partial charge in [0, 0.05) is 40.0 Å². The van der Waals surface area contributed by atoms with Gasteiger partial charge >= 0.3 is 0 Å². The van der Waals surface area contributed by atoms with Gasteiger partial charge < -0.3 is 19.7 Å². The molecule has 29 heavy (non-hydrogen) atoms. The zero-order valence-corrected chi connectivity index (χ0v) is 17.5. The van der Waals surface area contributed by atoms with Crippen LogP contribution in [-0.4, -0.2) is 71.7 Å². The zero-order valence-electron chi connectivity index (χ0n) is 17.5. The summed E-state index contributed by atoms with van der Waals surface area (Å²) in [5.74, 6) is 0.977. The summed E-state index contributed by atoms with van der Waals surface area (Å²) in [7, 11) is 1.73. The van der Waals surface area contributed by atoms with E-state index in [-0.39, 0.29) is 0 Å². The fourth-order valence-corrected chi connectivity index (χ4v) is 3.38. The minimum Gasteiger partial charge on any atom is -0.385 e. The number of benzene rings is 1. The number of nitrogens with one attached hydrogen (secondary N) is 1. The molecule has 1 aromatic carbocycles. The highest BCUT2D eigenvalue weighted by Crippen LogP contribution is 2.15. The first-order chi connectivity index (χ1) is 14.3. The largest absolute Gasteiger partial charge is 0.385 e. The summed E-state index contributed by atoms with van der Waals surface area (Å²) in [5, 5.41) is 7.58. The molecule has 1 saturated heterocycles. The summed E-state index contributed by atoms with van der Waals surface area (Å²) >= 11 is 0. The van der Waals surface area contributed by atoms with Crippen LogP contribution in [0.3, 0.4) is 0 Å². The maximum Gasteiger partial charge on any atom is 0.194 e. The number of hydrogen-bond acceptors (Lipinski definition) is 5. The Kier molecular flexibility index (Phi) is 8.45. The van der Waals surface area contributed by atoms with Crippen molar-refractivity contribution in [2.75, 3.05) is 40.0 Å². The van der Waals surface area contributed by atoms with Gasteiger partial charge in [-0.2, -0.15) is 5.10 Å². The van der Waals surface area contributed by atoms with Crippen molar-refractivity contribution < 1.29 is 9.47 Å². The lowest BCUT2D eigenvalue weighted by atomic mass is 10.1. The smallest absolute Gasteiger partial charge is 0.194 e. The number of nitrogens with zero attached hydrogens (tertiary/aromatic N) is 5. The van der Waals surface area contributed by atoms with Crippen molar-refractivity contribution >= 4 is 5.96 Å². The molecule has 0 aliphatic carbocycles. The highest BCUT2D eigenvalue weighted by molar-refractivity contribution is 5.80. The molecule has 0 amide bonds. The zero-order chi connectivity index (χ0) is 20.3. The van der Waals surface area contributed by atoms with E-state index in [9.17, 15) is 0 Å². The van der Waals surface area contributed by atoms with Crippen LogP contribution in [0.15, 0.2) is 41.9 Å². The number of piperidine rings is 1. The van der Waals surface area contributed by atoms with Gasteiger partial charge in [0.15, 0.2) is 5.96 Å². The number of likely N-dealkylation sites (tertiary alicyclic amines) is 1. The lowest BCUT2D eigenvalue weighted by molar-refractivity contribution is 0.00990. The first-order valence-electron chi connectivity index (χ1n) is 10.4. The minimum absolute atomic E-state index is 0.343. The van der Waals surface area contributed by atoms with Crippen LogP contribution in [-0.2, 0) is 16.0 Å². The van der Waals surface area contributed by atoms with Gasteiger partial charge in [0.25, 0.3) is 0 Å². The molecule has 1 fully saturated rings. The highest BCUT2D eigenvalue weighted by atomic mass is 16.5. The molecule has 2 aromatic rings. The molecule has 2 heterocycles. The van der Waals surface area contributed by atoms with E-state index >= 15 is 0 Å². The lowest BCUT2D eigenvalue weighted by Gasteiger charge is -2.34. The van der Waals surface area contributed by atoms with E-state index in [0.717, 1.165) is 63.8 Å². The average Bonchev–Trinajstić information content (AvgIpc) is 3.30. The Morgan fingerprint density at radius 3 is 2.66 bits per heavy atom. The topological polar surface area (TPSA) is 76.8 Å². The van der Waals surface area contributed by atoms with Crippen LogP contribution in [0.4, 0.5) is 0 Å². The van der Waals surface area contributed by atoms with E-state index in [1.54, 1.807) is 18.1 Å². The van der Waals surface area contributed by atoms with Gasteiger partial charge in [-0.15, -0.1) is 0 Å². The first-order valence-corrected chi connectivity index (χ1v) is 10.4. The Hall–Kier alpha value is -2.45. The number of rotatable bonds is 9. The summed E-state index contributed by atoms with van der Waals surface area (Å²) in [6.07, 6.45) is 6.59. The quantitative estimate of drug-likeness (QED) is 0.395. The van der Waals surface area contributed by atoms with Crippen LogP contribution in [0.5, 0.6) is 0 Å². The summed E-state index contributed by atoms with van der Waals surface area (Å²) in [5.41, 5.74) is 2.16. The van der Waals surface area contributed by atoms with Gasteiger partial charge in [-0.1, -0.05) is 12.1 Å². The van der Waals surface area contributed by atoms with E-state index in [1.165, 1.54) is 11.9 Å². The van der Waals surface area contributed by atoms with Gasteiger partial charge in [-0.05, 0) is 43.9 Å². The first kappa shape index (κ1) is 21.3. The van der Waals surface area contributed by atoms with Crippen LogP contribution in [0.2, 0.25) is 0 Å². The van der Waals surface area contributed by atoms with E-state index in [2.05, 4.69) is 39.4 Å². The molecule has 0 atom stereocenters. The van der Waals surface area contributed by atoms with Crippen LogP contribution in [0.1, 0.15) is 31.7 Å². The van der Waals surface area contributed by atoms with Crippen molar-refractivity contribution in [2.24, 2.45) is 4.99 Å². The molecular formula is C21H32N6O2. The summed E-state index contributed by atoms with van der Waals surface area (Å²) in [4.78, 5) is 11.2. The second kappa shape index (κ2) is 11.5. The van der Waals surface area contributed by atoms with Crippen molar-refractivity contribution in [2.45, 2.75) is 38.8 Å². The number of aliphatic imine (C=N–C) groups is 1. The molecule has 8 nitrogen and oxygen atoms in total.